The molecule has 0 amide bonds. The molecule has 18 heavy (non-hydrogen) atoms. The van der Waals surface area contributed by atoms with Crippen LogP contribution in [0.15, 0.2) is 10.9 Å². The van der Waals surface area contributed by atoms with Crippen molar-refractivity contribution in [3.8, 4) is 0 Å². The Hall–Kier alpha value is -1.89. The van der Waals surface area contributed by atoms with Crippen molar-refractivity contribution in [2.45, 2.75) is 32.7 Å². The van der Waals surface area contributed by atoms with Crippen LogP contribution in [-0.2, 0) is 0 Å². The van der Waals surface area contributed by atoms with Crippen molar-refractivity contribution < 1.29 is 0 Å². The molecule has 98 valence electrons. The molecule has 0 aliphatic heterocycles. The van der Waals surface area contributed by atoms with Crippen LogP contribution in [0.2, 0.25) is 0 Å². The van der Waals surface area contributed by atoms with E-state index in [9.17, 15) is 4.79 Å². The van der Waals surface area contributed by atoms with E-state index in [1.165, 1.54) is 4.40 Å². The Labute approximate surface area is 104 Å². The average molecular weight is 250 g/mol. The largest absolute Gasteiger partial charge is 0.363 e. The third kappa shape index (κ3) is 2.08. The molecule has 2 rings (SSSR count). The van der Waals surface area contributed by atoms with E-state index >= 15 is 0 Å². The number of fused-ring (bicyclic) bond motifs is 1. The number of hydrogen-bond acceptors (Lipinski definition) is 5. The maximum Gasteiger partial charge on any atom is 0.349 e. The van der Waals surface area contributed by atoms with Gasteiger partial charge in [-0.2, -0.15) is 5.10 Å². The second-order valence-corrected chi connectivity index (χ2v) is 4.65. The van der Waals surface area contributed by atoms with Crippen molar-refractivity contribution in [1.82, 2.24) is 19.6 Å². The summed E-state index contributed by atoms with van der Waals surface area (Å²) in [5.74, 6) is 1.26. The highest BCUT2D eigenvalue weighted by molar-refractivity contribution is 5.50. The monoisotopic (exact) mass is 250 g/mol. The van der Waals surface area contributed by atoms with Gasteiger partial charge < -0.3 is 11.1 Å². The van der Waals surface area contributed by atoms with Gasteiger partial charge in [0.05, 0.1) is 0 Å². The zero-order valence-corrected chi connectivity index (χ0v) is 10.8. The van der Waals surface area contributed by atoms with E-state index in [1.807, 2.05) is 6.92 Å². The van der Waals surface area contributed by atoms with E-state index in [4.69, 9.17) is 5.73 Å². The quantitative estimate of drug-likeness (QED) is 0.722. The van der Waals surface area contributed by atoms with Crippen LogP contribution in [0.5, 0.6) is 0 Å². The summed E-state index contributed by atoms with van der Waals surface area (Å²) >= 11 is 0. The van der Waals surface area contributed by atoms with Gasteiger partial charge in [0.1, 0.15) is 11.6 Å². The second kappa shape index (κ2) is 4.41. The van der Waals surface area contributed by atoms with Gasteiger partial charge >= 0.3 is 5.69 Å². The van der Waals surface area contributed by atoms with Crippen molar-refractivity contribution in [3.05, 3.63) is 22.4 Å². The molecular weight excluding hydrogens is 232 g/mol. The summed E-state index contributed by atoms with van der Waals surface area (Å²) in [5.41, 5.74) is 5.81. The first-order valence-corrected chi connectivity index (χ1v) is 5.92. The summed E-state index contributed by atoms with van der Waals surface area (Å²) in [6.45, 7) is 6.36. The van der Waals surface area contributed by atoms with E-state index < -0.39 is 0 Å². The lowest BCUT2D eigenvalue weighted by atomic mass is 9.99. The molecule has 7 nitrogen and oxygen atoms in total. The molecule has 0 radical (unpaired) electrons. The third-order valence-corrected chi connectivity index (χ3v) is 3.23. The summed E-state index contributed by atoms with van der Waals surface area (Å²) in [7, 11) is 0. The fourth-order valence-electron chi connectivity index (χ4n) is 1.75. The predicted octanol–water partition coefficient (Wildman–Crippen LogP) is 0.265. The highest BCUT2D eigenvalue weighted by Gasteiger charge is 2.20. The molecule has 7 heteroatoms. The molecule has 0 saturated carbocycles. The topological polar surface area (TPSA) is 101 Å². The molecule has 0 bridgehead atoms. The standard InChI is InChI=1S/C11H18N6O/c1-4-11(3,6-12)14-8-5-9-15-16-10(18)17(9)7(2)13-8/h5,14H,4,6,12H2,1-3H3,(H,16,18). The molecular formula is C11H18N6O. The van der Waals surface area contributed by atoms with E-state index in [0.29, 0.717) is 23.8 Å². The zero-order valence-electron chi connectivity index (χ0n) is 10.8. The Bertz CT molecular complexity index is 610. The first kappa shape index (κ1) is 12.6. The first-order chi connectivity index (χ1) is 8.49. The van der Waals surface area contributed by atoms with Crippen LogP contribution in [0.25, 0.3) is 5.65 Å². The van der Waals surface area contributed by atoms with Crippen LogP contribution in [0.1, 0.15) is 26.1 Å². The molecule has 0 aliphatic rings. The normalized spacial score (nSPS) is 14.7. The molecule has 0 aromatic carbocycles. The summed E-state index contributed by atoms with van der Waals surface area (Å²) in [4.78, 5) is 15.8. The number of aromatic nitrogens is 4. The lowest BCUT2D eigenvalue weighted by Crippen LogP contribution is -2.42. The molecule has 1 unspecified atom stereocenters. The second-order valence-electron chi connectivity index (χ2n) is 4.65. The molecule has 0 fully saturated rings. The highest BCUT2D eigenvalue weighted by Crippen LogP contribution is 2.16. The molecule has 2 aromatic rings. The molecule has 0 aliphatic carbocycles. The van der Waals surface area contributed by atoms with Gasteiger partial charge in [0.2, 0.25) is 0 Å². The Kier molecular flexibility index (Phi) is 3.08. The van der Waals surface area contributed by atoms with E-state index in [0.717, 1.165) is 6.42 Å². The van der Waals surface area contributed by atoms with Crippen molar-refractivity contribution in [2.75, 3.05) is 11.9 Å². The van der Waals surface area contributed by atoms with Crippen molar-refractivity contribution >= 4 is 11.5 Å². The van der Waals surface area contributed by atoms with E-state index in [2.05, 4.69) is 27.4 Å². The van der Waals surface area contributed by atoms with E-state index in [-0.39, 0.29) is 11.2 Å². The first-order valence-electron chi connectivity index (χ1n) is 5.92. The number of aromatic amines is 1. The van der Waals surface area contributed by atoms with Crippen LogP contribution in [0, 0.1) is 6.92 Å². The summed E-state index contributed by atoms with van der Waals surface area (Å²) in [5, 5.41) is 9.63. The third-order valence-electron chi connectivity index (χ3n) is 3.23. The minimum Gasteiger partial charge on any atom is -0.363 e. The molecule has 0 saturated heterocycles. The van der Waals surface area contributed by atoms with E-state index in [1.54, 1.807) is 13.0 Å². The lowest BCUT2D eigenvalue weighted by molar-refractivity contribution is 0.504. The fourth-order valence-corrected chi connectivity index (χ4v) is 1.75. The minimum absolute atomic E-state index is 0.214. The number of nitrogens with zero attached hydrogens (tertiary/aromatic N) is 3. The minimum atomic E-state index is -0.279. The van der Waals surface area contributed by atoms with Crippen LogP contribution in [0.3, 0.4) is 0 Å². The van der Waals surface area contributed by atoms with Crippen molar-refractivity contribution in [2.24, 2.45) is 5.73 Å². The van der Waals surface area contributed by atoms with Gasteiger partial charge in [-0.25, -0.2) is 19.3 Å². The Morgan fingerprint density at radius 3 is 2.94 bits per heavy atom. The number of H-pyrrole nitrogens is 1. The maximum absolute atomic E-state index is 11.5. The van der Waals surface area contributed by atoms with Crippen molar-refractivity contribution in [3.63, 3.8) is 0 Å². The number of nitrogens with two attached hydrogens (primary N) is 1. The molecule has 1 atom stereocenters. The SMILES string of the molecule is CCC(C)(CN)Nc1cc2n[nH]c(=O)n2c(C)n1. The molecule has 2 heterocycles. The molecule has 4 N–H and O–H groups in total. The van der Waals surface area contributed by atoms with Crippen LogP contribution in [-0.4, -0.2) is 31.7 Å². The predicted molar refractivity (Wildman–Crippen MR) is 69.7 cm³/mol. The average Bonchev–Trinajstić information content (AvgIpc) is 2.71. The molecule has 0 spiro atoms. The van der Waals surface area contributed by atoms with Crippen LogP contribution >= 0.6 is 0 Å². The fraction of sp³-hybridized carbons (Fsp3) is 0.545. The van der Waals surface area contributed by atoms with Crippen molar-refractivity contribution in [1.29, 1.82) is 0 Å². The Balaban J connectivity index is 2.44. The Morgan fingerprint density at radius 1 is 1.61 bits per heavy atom. The number of nitrogens with one attached hydrogen (secondary N) is 2. The molecule has 2 aromatic heterocycles. The number of hydrogen-bond donors (Lipinski definition) is 3. The van der Waals surface area contributed by atoms with Gasteiger partial charge in [-0.05, 0) is 20.3 Å². The summed E-state index contributed by atoms with van der Waals surface area (Å²) in [6.07, 6.45) is 0.878. The van der Waals surface area contributed by atoms with Crippen LogP contribution < -0.4 is 16.7 Å². The zero-order chi connectivity index (χ0) is 13.3. The van der Waals surface area contributed by atoms with Crippen LogP contribution in [0.4, 0.5) is 5.82 Å². The maximum atomic E-state index is 11.5. The number of aryl methyl sites for hydroxylation is 1. The highest BCUT2D eigenvalue weighted by atomic mass is 16.1. The van der Waals surface area contributed by atoms with Gasteiger partial charge in [0.15, 0.2) is 5.65 Å². The summed E-state index contributed by atoms with van der Waals surface area (Å²) < 4.78 is 1.43. The number of rotatable bonds is 4. The lowest BCUT2D eigenvalue weighted by Gasteiger charge is -2.28. The van der Waals surface area contributed by atoms with Gasteiger partial charge in [-0.1, -0.05) is 6.92 Å². The Morgan fingerprint density at radius 2 is 2.33 bits per heavy atom. The number of anilines is 1. The smallest absolute Gasteiger partial charge is 0.349 e. The van der Waals surface area contributed by atoms with Gasteiger partial charge in [-0.15, -0.1) is 0 Å². The van der Waals surface area contributed by atoms with Gasteiger partial charge in [0.25, 0.3) is 0 Å². The van der Waals surface area contributed by atoms with Gasteiger partial charge in [-0.3, -0.25) is 0 Å². The summed E-state index contributed by atoms with van der Waals surface area (Å²) in [6, 6.07) is 1.73. The van der Waals surface area contributed by atoms with Gasteiger partial charge in [0, 0.05) is 18.2 Å².